The van der Waals surface area contributed by atoms with Crippen LogP contribution in [-0.4, -0.2) is 17.2 Å². The number of urea groups is 1. The Morgan fingerprint density at radius 2 is 1.47 bits per heavy atom. The summed E-state index contributed by atoms with van der Waals surface area (Å²) in [6.45, 7) is 3.72. The van der Waals surface area contributed by atoms with Gasteiger partial charge in [0.2, 0.25) is 5.91 Å². The van der Waals surface area contributed by atoms with E-state index in [-0.39, 0.29) is 17.2 Å². The fourth-order valence-electron chi connectivity index (χ4n) is 2.67. The topological polar surface area (TPSA) is 70.2 Å². The summed E-state index contributed by atoms with van der Waals surface area (Å²) in [6.07, 6.45) is 0. The maximum Gasteiger partial charge on any atom is 0.323 e. The normalized spacial score (nSPS) is 11.4. The van der Waals surface area contributed by atoms with Crippen LogP contribution in [0.15, 0.2) is 77.7 Å². The average molecular weight is 440 g/mol. The van der Waals surface area contributed by atoms with Crippen molar-refractivity contribution in [2.24, 2.45) is 0 Å². The summed E-state index contributed by atoms with van der Waals surface area (Å²) in [5.74, 6) is -0.102. The lowest BCUT2D eigenvalue weighted by Gasteiger charge is -2.14. The molecular formula is C23H22ClN3O2S. The number of thioether (sulfide) groups is 1. The van der Waals surface area contributed by atoms with E-state index >= 15 is 0 Å². The second kappa shape index (κ2) is 10.2. The number of anilines is 3. The summed E-state index contributed by atoms with van der Waals surface area (Å²) < 4.78 is 0. The maximum absolute atomic E-state index is 12.5. The molecule has 0 saturated heterocycles. The highest BCUT2D eigenvalue weighted by Crippen LogP contribution is 2.27. The van der Waals surface area contributed by atoms with E-state index in [2.05, 4.69) is 16.0 Å². The van der Waals surface area contributed by atoms with Gasteiger partial charge in [-0.25, -0.2) is 4.79 Å². The third-order valence-corrected chi connectivity index (χ3v) is 5.87. The number of carbonyl (C=O) groups is 2. The van der Waals surface area contributed by atoms with Gasteiger partial charge in [-0.2, -0.15) is 0 Å². The number of carbonyl (C=O) groups excluding carboxylic acids is 2. The van der Waals surface area contributed by atoms with Crippen LogP contribution < -0.4 is 16.0 Å². The van der Waals surface area contributed by atoms with Gasteiger partial charge in [0.05, 0.1) is 5.25 Å². The van der Waals surface area contributed by atoms with Gasteiger partial charge < -0.3 is 16.0 Å². The summed E-state index contributed by atoms with van der Waals surface area (Å²) in [7, 11) is 0. The lowest BCUT2D eigenvalue weighted by Crippen LogP contribution is -2.22. The van der Waals surface area contributed by atoms with Gasteiger partial charge in [-0.3, -0.25) is 4.79 Å². The van der Waals surface area contributed by atoms with E-state index < -0.39 is 0 Å². The number of benzene rings is 3. The maximum atomic E-state index is 12.5. The van der Waals surface area contributed by atoms with E-state index in [4.69, 9.17) is 11.6 Å². The molecule has 3 aromatic rings. The number of rotatable bonds is 6. The zero-order chi connectivity index (χ0) is 21.5. The van der Waals surface area contributed by atoms with Crippen LogP contribution in [0.25, 0.3) is 0 Å². The Balaban J connectivity index is 1.53. The van der Waals surface area contributed by atoms with Crippen molar-refractivity contribution in [2.45, 2.75) is 24.0 Å². The quantitative estimate of drug-likeness (QED) is 0.388. The fraction of sp³-hybridized carbons (Fsp3) is 0.130. The van der Waals surface area contributed by atoms with Gasteiger partial charge in [0.25, 0.3) is 0 Å². The molecule has 0 bridgehead atoms. The van der Waals surface area contributed by atoms with Gasteiger partial charge in [0.15, 0.2) is 0 Å². The van der Waals surface area contributed by atoms with Crippen LogP contribution in [0.4, 0.5) is 21.9 Å². The number of hydrogen-bond donors (Lipinski definition) is 3. The lowest BCUT2D eigenvalue weighted by molar-refractivity contribution is -0.115. The standard InChI is InChI=1S/C23H22ClN3O2S/c1-15-20(24)9-6-10-21(15)27-22(28)16(2)30-19-13-11-18(12-14-19)26-23(29)25-17-7-4-3-5-8-17/h3-14,16H,1-2H3,(H,27,28)(H2,25,26,29). The van der Waals surface area contributed by atoms with Gasteiger partial charge in [-0.15, -0.1) is 11.8 Å². The Bertz CT molecular complexity index is 1030. The van der Waals surface area contributed by atoms with Crippen molar-refractivity contribution in [3.8, 4) is 0 Å². The van der Waals surface area contributed by atoms with Crippen LogP contribution in [0.3, 0.4) is 0 Å². The minimum Gasteiger partial charge on any atom is -0.325 e. The molecule has 0 aromatic heterocycles. The molecule has 3 aromatic carbocycles. The molecule has 30 heavy (non-hydrogen) atoms. The van der Waals surface area contributed by atoms with E-state index in [0.717, 1.165) is 16.1 Å². The van der Waals surface area contributed by atoms with Crippen LogP contribution in [0, 0.1) is 6.92 Å². The molecule has 0 fully saturated rings. The number of hydrogen-bond acceptors (Lipinski definition) is 3. The summed E-state index contributed by atoms with van der Waals surface area (Å²) in [5, 5.41) is 8.79. The van der Waals surface area contributed by atoms with Gasteiger partial charge in [-0.1, -0.05) is 35.9 Å². The highest BCUT2D eigenvalue weighted by Gasteiger charge is 2.16. The van der Waals surface area contributed by atoms with Gasteiger partial charge in [-0.05, 0) is 67.9 Å². The van der Waals surface area contributed by atoms with Crippen molar-refractivity contribution < 1.29 is 9.59 Å². The van der Waals surface area contributed by atoms with E-state index in [0.29, 0.717) is 16.4 Å². The molecule has 0 radical (unpaired) electrons. The van der Waals surface area contributed by atoms with Crippen LogP contribution in [-0.2, 0) is 4.79 Å². The van der Waals surface area contributed by atoms with E-state index in [1.54, 1.807) is 18.2 Å². The molecule has 5 nitrogen and oxygen atoms in total. The SMILES string of the molecule is Cc1c(Cl)cccc1NC(=O)C(C)Sc1ccc(NC(=O)Nc2ccccc2)cc1. The van der Waals surface area contributed by atoms with Crippen molar-refractivity contribution in [3.63, 3.8) is 0 Å². The van der Waals surface area contributed by atoms with Crippen LogP contribution in [0.1, 0.15) is 12.5 Å². The second-order valence-corrected chi connectivity index (χ2v) is 8.45. The van der Waals surface area contributed by atoms with E-state index in [9.17, 15) is 9.59 Å². The van der Waals surface area contributed by atoms with Crippen molar-refractivity contribution >= 4 is 52.4 Å². The molecule has 3 N–H and O–H groups in total. The predicted octanol–water partition coefficient (Wildman–Crippen LogP) is 6.41. The second-order valence-electron chi connectivity index (χ2n) is 6.63. The largest absolute Gasteiger partial charge is 0.325 e. The smallest absolute Gasteiger partial charge is 0.323 e. The predicted molar refractivity (Wildman–Crippen MR) is 126 cm³/mol. The molecule has 3 amide bonds. The first-order valence-electron chi connectivity index (χ1n) is 9.38. The summed E-state index contributed by atoms with van der Waals surface area (Å²) >= 11 is 7.55. The molecule has 154 valence electrons. The van der Waals surface area contributed by atoms with Gasteiger partial charge >= 0.3 is 6.03 Å². The monoisotopic (exact) mass is 439 g/mol. The zero-order valence-electron chi connectivity index (χ0n) is 16.6. The van der Waals surface area contributed by atoms with E-state index in [1.165, 1.54) is 11.8 Å². The third kappa shape index (κ3) is 6.02. The minimum atomic E-state index is -0.314. The lowest BCUT2D eigenvalue weighted by atomic mass is 10.2. The molecule has 0 spiro atoms. The first-order chi connectivity index (χ1) is 14.4. The van der Waals surface area contributed by atoms with Gasteiger partial charge in [0, 0.05) is 27.0 Å². The highest BCUT2D eigenvalue weighted by atomic mass is 35.5. The summed E-state index contributed by atoms with van der Waals surface area (Å²) in [4.78, 5) is 25.5. The van der Waals surface area contributed by atoms with E-state index in [1.807, 2.05) is 68.4 Å². The molecule has 1 unspecified atom stereocenters. The Hall–Kier alpha value is -2.96. The molecule has 1 atom stereocenters. The molecule has 0 aliphatic carbocycles. The molecule has 7 heteroatoms. The molecule has 0 aliphatic rings. The minimum absolute atomic E-state index is 0.102. The van der Waals surface area contributed by atoms with Crippen molar-refractivity contribution in [1.29, 1.82) is 0 Å². The first kappa shape index (κ1) is 21.7. The van der Waals surface area contributed by atoms with Crippen molar-refractivity contribution in [1.82, 2.24) is 0 Å². The van der Waals surface area contributed by atoms with Crippen molar-refractivity contribution in [2.75, 3.05) is 16.0 Å². The molecule has 3 rings (SSSR count). The highest BCUT2D eigenvalue weighted by molar-refractivity contribution is 8.00. The Morgan fingerprint density at radius 1 is 0.833 bits per heavy atom. The number of nitrogens with one attached hydrogen (secondary N) is 3. The Morgan fingerprint density at radius 3 is 2.13 bits per heavy atom. The molecule has 0 saturated carbocycles. The van der Waals surface area contributed by atoms with Crippen LogP contribution >= 0.6 is 23.4 Å². The summed E-state index contributed by atoms with van der Waals surface area (Å²) in [6, 6.07) is 21.7. The first-order valence-corrected chi connectivity index (χ1v) is 10.6. The molecular weight excluding hydrogens is 418 g/mol. The molecule has 0 aliphatic heterocycles. The number of para-hydroxylation sites is 1. The Kier molecular flexibility index (Phi) is 7.38. The fourth-order valence-corrected chi connectivity index (χ4v) is 3.71. The van der Waals surface area contributed by atoms with Crippen molar-refractivity contribution in [3.05, 3.63) is 83.4 Å². The molecule has 0 heterocycles. The number of amides is 3. The van der Waals surface area contributed by atoms with Gasteiger partial charge in [0.1, 0.15) is 0 Å². The number of halogens is 1. The third-order valence-electron chi connectivity index (χ3n) is 4.35. The Labute approximate surface area is 185 Å². The zero-order valence-corrected chi connectivity index (χ0v) is 18.2. The average Bonchev–Trinajstić information content (AvgIpc) is 2.73. The van der Waals surface area contributed by atoms with Crippen LogP contribution in [0.5, 0.6) is 0 Å². The summed E-state index contributed by atoms with van der Waals surface area (Å²) in [5.41, 5.74) is 2.94. The van der Waals surface area contributed by atoms with Crippen LogP contribution in [0.2, 0.25) is 5.02 Å².